The van der Waals surface area contributed by atoms with Crippen LogP contribution in [0.5, 0.6) is 11.6 Å². The second kappa shape index (κ2) is 3.06. The Hall–Kier alpha value is -1.97. The Morgan fingerprint density at radius 2 is 2.07 bits per heavy atom. The first kappa shape index (κ1) is 8.62. The number of hydrogen-bond acceptors (Lipinski definition) is 3. The summed E-state index contributed by atoms with van der Waals surface area (Å²) < 4.78 is 0. The summed E-state index contributed by atoms with van der Waals surface area (Å²) in [6.45, 7) is 1.73. The van der Waals surface area contributed by atoms with Crippen molar-refractivity contribution in [1.82, 2.24) is 9.97 Å². The van der Waals surface area contributed by atoms with Gasteiger partial charge in [-0.2, -0.15) is 4.98 Å². The molecule has 0 amide bonds. The number of aromatic hydroxyl groups is 2. The predicted molar refractivity (Wildman–Crippen MR) is 52.1 cm³/mol. The first-order valence-electron chi connectivity index (χ1n) is 4.22. The van der Waals surface area contributed by atoms with Crippen molar-refractivity contribution < 1.29 is 10.2 Å². The highest BCUT2D eigenvalue weighted by atomic mass is 16.3. The molecule has 0 saturated carbocycles. The van der Waals surface area contributed by atoms with Crippen molar-refractivity contribution in [2.75, 3.05) is 0 Å². The van der Waals surface area contributed by atoms with E-state index in [1.54, 1.807) is 31.2 Å². The fraction of sp³-hybridized carbons (Fsp3) is 0.100. The van der Waals surface area contributed by atoms with Gasteiger partial charge in [-0.05, 0) is 19.1 Å². The van der Waals surface area contributed by atoms with Crippen LogP contribution >= 0.6 is 0 Å². The molecule has 0 fully saturated rings. The highest BCUT2D eigenvalue weighted by Gasteiger charge is 2.06. The van der Waals surface area contributed by atoms with Crippen molar-refractivity contribution in [1.29, 1.82) is 0 Å². The Morgan fingerprint density at radius 3 is 2.64 bits per heavy atom. The van der Waals surface area contributed by atoms with Crippen LogP contribution in [0.25, 0.3) is 11.4 Å². The molecule has 4 heteroatoms. The van der Waals surface area contributed by atoms with Gasteiger partial charge in [-0.1, -0.05) is 12.1 Å². The number of hydrogen-bond donors (Lipinski definition) is 3. The van der Waals surface area contributed by atoms with E-state index >= 15 is 0 Å². The van der Waals surface area contributed by atoms with Crippen LogP contribution in [0.1, 0.15) is 5.69 Å². The lowest BCUT2D eigenvalue weighted by molar-refractivity contribution is 0.452. The van der Waals surface area contributed by atoms with E-state index in [1.807, 2.05) is 0 Å². The van der Waals surface area contributed by atoms with Crippen LogP contribution in [-0.2, 0) is 0 Å². The molecule has 0 atom stereocenters. The Labute approximate surface area is 80.9 Å². The molecule has 0 aliphatic heterocycles. The fourth-order valence-electron chi connectivity index (χ4n) is 1.24. The molecule has 0 radical (unpaired) electrons. The van der Waals surface area contributed by atoms with Crippen molar-refractivity contribution in [3.8, 4) is 23.0 Å². The quantitative estimate of drug-likeness (QED) is 0.642. The Bertz CT molecular complexity index is 443. The van der Waals surface area contributed by atoms with Gasteiger partial charge in [0.1, 0.15) is 11.6 Å². The number of rotatable bonds is 1. The molecular formula is C10H10N2O2. The summed E-state index contributed by atoms with van der Waals surface area (Å²) in [5.74, 6) is 0.718. The van der Waals surface area contributed by atoms with Crippen molar-refractivity contribution in [2.45, 2.75) is 6.92 Å². The molecular weight excluding hydrogens is 180 g/mol. The smallest absolute Gasteiger partial charge is 0.232 e. The third kappa shape index (κ3) is 1.42. The van der Waals surface area contributed by atoms with E-state index in [1.165, 1.54) is 0 Å². The van der Waals surface area contributed by atoms with E-state index in [2.05, 4.69) is 9.97 Å². The summed E-state index contributed by atoms with van der Waals surface area (Å²) in [5, 5.41) is 18.5. The minimum absolute atomic E-state index is 0.0108. The number of aromatic nitrogens is 2. The third-order valence-corrected chi connectivity index (χ3v) is 1.98. The topological polar surface area (TPSA) is 69.1 Å². The zero-order valence-corrected chi connectivity index (χ0v) is 7.65. The van der Waals surface area contributed by atoms with E-state index in [-0.39, 0.29) is 11.6 Å². The summed E-state index contributed by atoms with van der Waals surface area (Å²) in [6.07, 6.45) is 0. The second-order valence-corrected chi connectivity index (χ2v) is 3.08. The Morgan fingerprint density at radius 1 is 1.29 bits per heavy atom. The van der Waals surface area contributed by atoms with Crippen molar-refractivity contribution in [3.63, 3.8) is 0 Å². The number of aryl methyl sites for hydroxylation is 1. The van der Waals surface area contributed by atoms with Gasteiger partial charge in [-0.25, -0.2) is 0 Å². The van der Waals surface area contributed by atoms with Crippen molar-refractivity contribution in [3.05, 3.63) is 30.0 Å². The minimum atomic E-state index is -0.0108. The minimum Gasteiger partial charge on any atom is -0.508 e. The molecule has 0 aliphatic rings. The standard InChI is InChI=1S/C10H10N2O2/c1-6-10(14)12-9(11-6)7-3-2-4-8(13)5-7/h2-5,13-14H,1H3,(H,11,12). The molecule has 72 valence electrons. The maximum atomic E-state index is 9.27. The number of aromatic amines is 1. The molecule has 3 N–H and O–H groups in total. The molecule has 0 bridgehead atoms. The lowest BCUT2D eigenvalue weighted by atomic mass is 10.2. The van der Waals surface area contributed by atoms with E-state index in [0.717, 1.165) is 5.56 Å². The molecule has 2 rings (SSSR count). The normalized spacial score (nSPS) is 10.4. The average molecular weight is 190 g/mol. The van der Waals surface area contributed by atoms with Gasteiger partial charge in [0.2, 0.25) is 5.88 Å². The van der Waals surface area contributed by atoms with Crippen LogP contribution in [0.4, 0.5) is 0 Å². The zero-order valence-electron chi connectivity index (χ0n) is 7.65. The lowest BCUT2D eigenvalue weighted by Crippen LogP contribution is -1.79. The van der Waals surface area contributed by atoms with E-state index in [4.69, 9.17) is 0 Å². The van der Waals surface area contributed by atoms with Crippen LogP contribution in [0.2, 0.25) is 0 Å². The first-order chi connectivity index (χ1) is 6.66. The molecule has 4 nitrogen and oxygen atoms in total. The molecule has 0 saturated heterocycles. The number of benzene rings is 1. The number of phenols is 1. The second-order valence-electron chi connectivity index (χ2n) is 3.08. The number of nitrogens with zero attached hydrogens (tertiary/aromatic N) is 1. The summed E-state index contributed by atoms with van der Waals surface area (Å²) in [7, 11) is 0. The molecule has 0 spiro atoms. The summed E-state index contributed by atoms with van der Waals surface area (Å²) in [5.41, 5.74) is 1.36. The molecule has 1 heterocycles. The first-order valence-corrected chi connectivity index (χ1v) is 4.22. The summed E-state index contributed by atoms with van der Waals surface area (Å²) in [4.78, 5) is 6.83. The average Bonchev–Trinajstić information content (AvgIpc) is 2.47. The van der Waals surface area contributed by atoms with E-state index in [0.29, 0.717) is 11.5 Å². The molecule has 0 unspecified atom stereocenters. The van der Waals surface area contributed by atoms with Crippen LogP contribution in [0.15, 0.2) is 24.3 Å². The highest BCUT2D eigenvalue weighted by molar-refractivity contribution is 5.58. The number of phenolic OH excluding ortho intramolecular Hbond substituents is 1. The SMILES string of the molecule is Cc1[nH]c(-c2cccc(O)c2)nc1O. The molecule has 1 aromatic heterocycles. The number of nitrogens with one attached hydrogen (secondary N) is 1. The number of imidazole rings is 1. The Balaban J connectivity index is 2.49. The van der Waals surface area contributed by atoms with Crippen LogP contribution in [-0.4, -0.2) is 20.2 Å². The van der Waals surface area contributed by atoms with Crippen LogP contribution < -0.4 is 0 Å². The van der Waals surface area contributed by atoms with Gasteiger partial charge in [-0.3, -0.25) is 0 Å². The van der Waals surface area contributed by atoms with Crippen molar-refractivity contribution in [2.24, 2.45) is 0 Å². The van der Waals surface area contributed by atoms with Gasteiger partial charge < -0.3 is 15.2 Å². The largest absolute Gasteiger partial charge is 0.508 e. The zero-order chi connectivity index (χ0) is 10.1. The summed E-state index contributed by atoms with van der Waals surface area (Å²) >= 11 is 0. The molecule has 2 aromatic rings. The van der Waals surface area contributed by atoms with Gasteiger partial charge in [-0.15, -0.1) is 0 Å². The maximum absolute atomic E-state index is 9.27. The van der Waals surface area contributed by atoms with Gasteiger partial charge >= 0.3 is 0 Å². The predicted octanol–water partition coefficient (Wildman–Crippen LogP) is 1.80. The van der Waals surface area contributed by atoms with Crippen LogP contribution in [0, 0.1) is 6.92 Å². The number of H-pyrrole nitrogens is 1. The fourth-order valence-corrected chi connectivity index (χ4v) is 1.24. The van der Waals surface area contributed by atoms with Crippen molar-refractivity contribution >= 4 is 0 Å². The molecule has 14 heavy (non-hydrogen) atoms. The molecule has 1 aromatic carbocycles. The lowest BCUT2D eigenvalue weighted by Gasteiger charge is -1.96. The monoisotopic (exact) mass is 190 g/mol. The van der Waals surface area contributed by atoms with Gasteiger partial charge in [0.15, 0.2) is 0 Å². The van der Waals surface area contributed by atoms with Gasteiger partial charge in [0.25, 0.3) is 0 Å². The van der Waals surface area contributed by atoms with Gasteiger partial charge in [0, 0.05) is 5.56 Å². The molecule has 0 aliphatic carbocycles. The van der Waals surface area contributed by atoms with E-state index < -0.39 is 0 Å². The maximum Gasteiger partial charge on any atom is 0.232 e. The third-order valence-electron chi connectivity index (χ3n) is 1.98. The Kier molecular flexibility index (Phi) is 1.89. The summed E-state index contributed by atoms with van der Waals surface area (Å²) in [6, 6.07) is 6.69. The van der Waals surface area contributed by atoms with Gasteiger partial charge in [0.05, 0.1) is 5.69 Å². The van der Waals surface area contributed by atoms with E-state index in [9.17, 15) is 10.2 Å². The highest BCUT2D eigenvalue weighted by Crippen LogP contribution is 2.23. The van der Waals surface area contributed by atoms with Crippen LogP contribution in [0.3, 0.4) is 0 Å².